The van der Waals surface area contributed by atoms with Gasteiger partial charge in [-0.2, -0.15) is 0 Å². The summed E-state index contributed by atoms with van der Waals surface area (Å²) in [5.74, 6) is 1.52. The Hall–Kier alpha value is -1.62. The van der Waals surface area contributed by atoms with Gasteiger partial charge in [-0.25, -0.2) is 4.98 Å². The van der Waals surface area contributed by atoms with Gasteiger partial charge in [0.05, 0.1) is 0 Å². The zero-order chi connectivity index (χ0) is 16.4. The Balaban J connectivity index is 1.56. The molecule has 2 saturated heterocycles. The molecule has 0 aromatic carbocycles. The summed E-state index contributed by atoms with van der Waals surface area (Å²) in [5.41, 5.74) is 7.18. The lowest BCUT2D eigenvalue weighted by molar-refractivity contribution is -0.139. The molecule has 1 amide bonds. The predicted octanol–water partition coefficient (Wildman–Crippen LogP) is 1.94. The minimum Gasteiger partial charge on any atom is -0.357 e. The van der Waals surface area contributed by atoms with Crippen LogP contribution in [0.25, 0.3) is 0 Å². The molecule has 5 nitrogen and oxygen atoms in total. The van der Waals surface area contributed by atoms with Crippen molar-refractivity contribution in [2.24, 2.45) is 11.7 Å². The van der Waals surface area contributed by atoms with Gasteiger partial charge in [-0.3, -0.25) is 4.79 Å². The second-order valence-electron chi connectivity index (χ2n) is 7.12. The molecule has 1 aromatic heterocycles. The van der Waals surface area contributed by atoms with Crippen molar-refractivity contribution in [3.8, 4) is 0 Å². The highest BCUT2D eigenvalue weighted by Gasteiger charge is 2.33. The highest BCUT2D eigenvalue weighted by molar-refractivity contribution is 5.79. The minimum atomic E-state index is 0.161. The van der Waals surface area contributed by atoms with Crippen molar-refractivity contribution in [1.29, 1.82) is 0 Å². The fraction of sp³-hybridized carbons (Fsp3) is 0.667. The third kappa shape index (κ3) is 3.66. The molecule has 3 rings (SSSR count). The topological polar surface area (TPSA) is 62.5 Å². The van der Waals surface area contributed by atoms with Gasteiger partial charge in [0.25, 0.3) is 0 Å². The summed E-state index contributed by atoms with van der Waals surface area (Å²) in [4.78, 5) is 21.7. The number of hydrogen-bond donors (Lipinski definition) is 1. The molecular weight excluding hydrogens is 288 g/mol. The first-order chi connectivity index (χ1) is 11.0. The van der Waals surface area contributed by atoms with Crippen LogP contribution in [0.3, 0.4) is 0 Å². The molecule has 0 spiro atoms. The van der Waals surface area contributed by atoms with E-state index in [4.69, 9.17) is 5.73 Å². The number of aromatic nitrogens is 1. The van der Waals surface area contributed by atoms with Crippen molar-refractivity contribution >= 4 is 11.7 Å². The van der Waals surface area contributed by atoms with Gasteiger partial charge in [0.1, 0.15) is 5.82 Å². The van der Waals surface area contributed by atoms with Gasteiger partial charge in [0.15, 0.2) is 0 Å². The number of carbonyl (C=O) groups excluding carboxylic acids is 1. The number of nitrogens with two attached hydrogens (primary N) is 1. The number of rotatable bonds is 2. The molecule has 2 fully saturated rings. The first kappa shape index (κ1) is 16.2. The van der Waals surface area contributed by atoms with Gasteiger partial charge in [0, 0.05) is 43.8 Å². The Kier molecular flexibility index (Phi) is 4.85. The average Bonchev–Trinajstić information content (AvgIpc) is 2.55. The van der Waals surface area contributed by atoms with E-state index in [1.807, 2.05) is 13.1 Å². The van der Waals surface area contributed by atoms with Crippen LogP contribution < -0.4 is 10.6 Å². The summed E-state index contributed by atoms with van der Waals surface area (Å²) in [7, 11) is 0. The zero-order valence-electron chi connectivity index (χ0n) is 14.2. The molecule has 1 aromatic rings. The lowest BCUT2D eigenvalue weighted by Crippen LogP contribution is -2.51. The van der Waals surface area contributed by atoms with E-state index in [0.717, 1.165) is 51.1 Å². The number of amides is 1. The number of likely N-dealkylation sites (tertiary alicyclic amines) is 1. The lowest BCUT2D eigenvalue weighted by atomic mass is 9.92. The Morgan fingerprint density at radius 1 is 1.22 bits per heavy atom. The number of nitrogens with zero attached hydrogens (tertiary/aromatic N) is 3. The molecular formula is C18H28N4O. The smallest absolute Gasteiger partial charge is 0.226 e. The maximum Gasteiger partial charge on any atom is 0.226 e. The standard InChI is InChI=1S/C18H28N4O/c1-13-3-4-17(20-12-13)21-8-5-15(6-9-21)18(23)22-10-7-16(19)11-14(22)2/h3-4,12,14-16H,5-11,19H2,1-2H3. The van der Waals surface area contributed by atoms with Gasteiger partial charge in [-0.05, 0) is 51.2 Å². The fourth-order valence-corrected chi connectivity index (χ4v) is 3.77. The SMILES string of the molecule is Cc1ccc(N2CCC(C(=O)N3CCC(N)CC3C)CC2)nc1. The van der Waals surface area contributed by atoms with Crippen molar-refractivity contribution < 1.29 is 4.79 Å². The predicted molar refractivity (Wildman–Crippen MR) is 92.3 cm³/mol. The first-order valence-corrected chi connectivity index (χ1v) is 8.78. The van der Waals surface area contributed by atoms with Crippen LogP contribution in [0.4, 0.5) is 5.82 Å². The summed E-state index contributed by atoms with van der Waals surface area (Å²) < 4.78 is 0. The number of pyridine rings is 1. The molecule has 0 radical (unpaired) electrons. The highest BCUT2D eigenvalue weighted by Crippen LogP contribution is 2.26. The van der Waals surface area contributed by atoms with E-state index < -0.39 is 0 Å². The number of anilines is 1. The third-order valence-corrected chi connectivity index (χ3v) is 5.26. The molecule has 0 aliphatic carbocycles. The molecule has 2 unspecified atom stereocenters. The van der Waals surface area contributed by atoms with E-state index in [-0.39, 0.29) is 18.0 Å². The van der Waals surface area contributed by atoms with Crippen molar-refractivity contribution in [2.45, 2.75) is 51.6 Å². The van der Waals surface area contributed by atoms with Crippen LogP contribution in [0.2, 0.25) is 0 Å². The van der Waals surface area contributed by atoms with Gasteiger partial charge in [-0.1, -0.05) is 6.07 Å². The second-order valence-corrected chi connectivity index (χ2v) is 7.12. The van der Waals surface area contributed by atoms with Gasteiger partial charge in [0.2, 0.25) is 5.91 Å². The van der Waals surface area contributed by atoms with Crippen molar-refractivity contribution in [1.82, 2.24) is 9.88 Å². The van der Waals surface area contributed by atoms with Crippen LogP contribution in [0.5, 0.6) is 0 Å². The van der Waals surface area contributed by atoms with Crippen LogP contribution in [0.15, 0.2) is 18.3 Å². The van der Waals surface area contributed by atoms with Gasteiger partial charge < -0.3 is 15.5 Å². The van der Waals surface area contributed by atoms with Crippen LogP contribution in [0, 0.1) is 12.8 Å². The van der Waals surface area contributed by atoms with Crippen LogP contribution in [-0.2, 0) is 4.79 Å². The maximum absolute atomic E-state index is 12.8. The van der Waals surface area contributed by atoms with Crippen molar-refractivity contribution in [2.75, 3.05) is 24.5 Å². The largest absolute Gasteiger partial charge is 0.357 e. The Morgan fingerprint density at radius 2 is 1.96 bits per heavy atom. The number of aryl methyl sites for hydroxylation is 1. The summed E-state index contributed by atoms with van der Waals surface area (Å²) in [5, 5.41) is 0. The van der Waals surface area contributed by atoms with Crippen LogP contribution >= 0.6 is 0 Å². The average molecular weight is 316 g/mol. The van der Waals surface area contributed by atoms with E-state index in [9.17, 15) is 4.79 Å². The number of piperidine rings is 2. The number of hydrogen-bond acceptors (Lipinski definition) is 4. The van der Waals surface area contributed by atoms with E-state index >= 15 is 0 Å². The lowest BCUT2D eigenvalue weighted by Gasteiger charge is -2.40. The first-order valence-electron chi connectivity index (χ1n) is 8.78. The second kappa shape index (κ2) is 6.87. The maximum atomic E-state index is 12.8. The zero-order valence-corrected chi connectivity index (χ0v) is 14.2. The highest BCUT2D eigenvalue weighted by atomic mass is 16.2. The molecule has 2 aliphatic rings. The van der Waals surface area contributed by atoms with E-state index in [1.54, 1.807) is 0 Å². The van der Waals surface area contributed by atoms with Crippen molar-refractivity contribution in [3.63, 3.8) is 0 Å². The van der Waals surface area contributed by atoms with Crippen molar-refractivity contribution in [3.05, 3.63) is 23.9 Å². The van der Waals surface area contributed by atoms with E-state index in [2.05, 4.69) is 33.8 Å². The normalized spacial score (nSPS) is 26.4. The van der Waals surface area contributed by atoms with E-state index in [1.165, 1.54) is 5.56 Å². The Labute approximate surface area is 138 Å². The van der Waals surface area contributed by atoms with Gasteiger partial charge >= 0.3 is 0 Å². The fourth-order valence-electron chi connectivity index (χ4n) is 3.77. The Morgan fingerprint density at radius 3 is 2.57 bits per heavy atom. The van der Waals surface area contributed by atoms with Crippen LogP contribution in [-0.4, -0.2) is 47.5 Å². The van der Waals surface area contributed by atoms with Crippen LogP contribution in [0.1, 0.15) is 38.2 Å². The summed E-state index contributed by atoms with van der Waals surface area (Å²) in [6, 6.07) is 4.70. The van der Waals surface area contributed by atoms with E-state index in [0.29, 0.717) is 5.91 Å². The monoisotopic (exact) mass is 316 g/mol. The summed E-state index contributed by atoms with van der Waals surface area (Å²) in [6.07, 6.45) is 5.61. The molecule has 2 aliphatic heterocycles. The molecule has 3 heterocycles. The molecule has 0 bridgehead atoms. The molecule has 5 heteroatoms. The molecule has 0 saturated carbocycles. The summed E-state index contributed by atoms with van der Waals surface area (Å²) >= 11 is 0. The van der Waals surface area contributed by atoms with Gasteiger partial charge in [-0.15, -0.1) is 0 Å². The molecule has 2 atom stereocenters. The molecule has 126 valence electrons. The third-order valence-electron chi connectivity index (χ3n) is 5.26. The minimum absolute atomic E-state index is 0.161. The molecule has 23 heavy (non-hydrogen) atoms. The number of carbonyl (C=O) groups is 1. The quantitative estimate of drug-likeness (QED) is 0.906. The Bertz CT molecular complexity index is 536. The summed E-state index contributed by atoms with van der Waals surface area (Å²) in [6.45, 7) is 6.82. The molecule has 2 N–H and O–H groups in total.